The Balaban J connectivity index is 2.01. The van der Waals surface area contributed by atoms with E-state index in [0.717, 1.165) is 49.1 Å². The Bertz CT molecular complexity index is 1530. The first-order valence-corrected chi connectivity index (χ1v) is 9.10. The first kappa shape index (κ1) is 14.5. The van der Waals surface area contributed by atoms with Crippen molar-refractivity contribution in [2.24, 2.45) is 0 Å². The molecule has 0 saturated carbocycles. The van der Waals surface area contributed by atoms with Gasteiger partial charge < -0.3 is 0 Å². The molecule has 0 aliphatic carbocycles. The second-order valence-electron chi connectivity index (χ2n) is 6.95. The molecule has 0 aliphatic rings. The van der Waals surface area contributed by atoms with Crippen LogP contribution >= 0.6 is 0 Å². The van der Waals surface area contributed by atoms with Crippen molar-refractivity contribution in [3.8, 4) is 11.1 Å². The first-order valence-electron chi connectivity index (χ1n) is 9.10. The predicted molar refractivity (Wildman–Crippen MR) is 113 cm³/mol. The van der Waals surface area contributed by atoms with Gasteiger partial charge in [-0.2, -0.15) is 0 Å². The number of hydrogen-bond donors (Lipinski definition) is 0. The Morgan fingerprint density at radius 2 is 1.22 bits per heavy atom. The Hall–Kier alpha value is -3.65. The van der Waals surface area contributed by atoms with Crippen LogP contribution in [0.4, 0.5) is 0 Å². The maximum atomic E-state index is 13.4. The van der Waals surface area contributed by atoms with Crippen LogP contribution in [0.3, 0.4) is 0 Å². The summed E-state index contributed by atoms with van der Waals surface area (Å²) in [6, 6.07) is 30.9. The van der Waals surface area contributed by atoms with Crippen LogP contribution in [-0.4, -0.2) is 4.40 Å². The molecule has 126 valence electrons. The van der Waals surface area contributed by atoms with Crippen molar-refractivity contribution in [2.45, 2.75) is 0 Å². The predicted octanol–water partition coefficient (Wildman–Crippen LogP) is 5.86. The van der Waals surface area contributed by atoms with Gasteiger partial charge in [0, 0.05) is 21.5 Å². The van der Waals surface area contributed by atoms with Gasteiger partial charge in [-0.1, -0.05) is 78.9 Å². The molecule has 0 spiro atoms. The van der Waals surface area contributed by atoms with E-state index in [1.54, 1.807) is 0 Å². The normalized spacial score (nSPS) is 11.9. The lowest BCUT2D eigenvalue weighted by atomic mass is 9.95. The lowest BCUT2D eigenvalue weighted by molar-refractivity contribution is 1.21. The highest BCUT2D eigenvalue weighted by atomic mass is 16.1. The lowest BCUT2D eigenvalue weighted by Gasteiger charge is -2.11. The van der Waals surface area contributed by atoms with E-state index in [1.807, 2.05) is 46.9 Å². The summed E-state index contributed by atoms with van der Waals surface area (Å²) in [5.74, 6) is 0. The van der Waals surface area contributed by atoms with Gasteiger partial charge in [-0.25, -0.2) is 0 Å². The van der Waals surface area contributed by atoms with Crippen molar-refractivity contribution in [3.63, 3.8) is 0 Å². The minimum Gasteiger partial charge on any atom is -0.275 e. The van der Waals surface area contributed by atoms with E-state index in [9.17, 15) is 4.79 Å². The summed E-state index contributed by atoms with van der Waals surface area (Å²) in [5, 5.41) is 5.17. The average molecular weight is 345 g/mol. The number of para-hydroxylation sites is 1. The molecule has 27 heavy (non-hydrogen) atoms. The molecule has 6 aromatic rings. The summed E-state index contributed by atoms with van der Waals surface area (Å²) >= 11 is 0. The van der Waals surface area contributed by atoms with Gasteiger partial charge in [0.05, 0.1) is 11.0 Å². The third kappa shape index (κ3) is 1.82. The molecule has 0 fully saturated rings. The summed E-state index contributed by atoms with van der Waals surface area (Å²) in [6.07, 6.45) is 0. The molecular formula is C25H15NO. The molecule has 2 heteroatoms. The molecule has 0 unspecified atom stereocenters. The van der Waals surface area contributed by atoms with E-state index < -0.39 is 0 Å². The summed E-state index contributed by atoms with van der Waals surface area (Å²) in [7, 11) is 0. The zero-order valence-electron chi connectivity index (χ0n) is 14.5. The highest BCUT2D eigenvalue weighted by molar-refractivity contribution is 6.24. The van der Waals surface area contributed by atoms with E-state index in [0.29, 0.717) is 0 Å². The summed E-state index contributed by atoms with van der Waals surface area (Å²) in [4.78, 5) is 13.4. The van der Waals surface area contributed by atoms with Gasteiger partial charge in [0.25, 0.3) is 5.56 Å². The van der Waals surface area contributed by atoms with E-state index in [1.165, 1.54) is 0 Å². The van der Waals surface area contributed by atoms with E-state index >= 15 is 0 Å². The van der Waals surface area contributed by atoms with Gasteiger partial charge in [-0.15, -0.1) is 0 Å². The summed E-state index contributed by atoms with van der Waals surface area (Å²) in [6.45, 7) is 0. The average Bonchev–Trinajstić information content (AvgIpc) is 3.08. The van der Waals surface area contributed by atoms with Crippen LogP contribution in [0.15, 0.2) is 95.8 Å². The van der Waals surface area contributed by atoms with Crippen LogP contribution in [0.2, 0.25) is 0 Å². The molecule has 0 bridgehead atoms. The number of hydrogen-bond acceptors (Lipinski definition) is 1. The number of nitrogens with zero attached hydrogens (tertiary/aromatic N) is 1. The molecule has 2 heterocycles. The second-order valence-corrected chi connectivity index (χ2v) is 6.95. The minimum absolute atomic E-state index is 0.0505. The summed E-state index contributed by atoms with van der Waals surface area (Å²) in [5.41, 5.74) is 4.36. The van der Waals surface area contributed by atoms with Crippen molar-refractivity contribution in [1.82, 2.24) is 4.40 Å². The van der Waals surface area contributed by atoms with E-state index in [2.05, 4.69) is 48.5 Å². The topological polar surface area (TPSA) is 21.5 Å². The largest absolute Gasteiger partial charge is 0.275 e. The van der Waals surface area contributed by atoms with Crippen molar-refractivity contribution in [2.75, 3.05) is 0 Å². The zero-order valence-corrected chi connectivity index (χ0v) is 14.5. The molecule has 6 rings (SSSR count). The number of rotatable bonds is 1. The molecule has 2 aromatic heterocycles. The molecule has 0 saturated heterocycles. The van der Waals surface area contributed by atoms with Gasteiger partial charge >= 0.3 is 0 Å². The monoisotopic (exact) mass is 345 g/mol. The van der Waals surface area contributed by atoms with Gasteiger partial charge in [0.2, 0.25) is 0 Å². The van der Waals surface area contributed by atoms with Crippen LogP contribution in [0.1, 0.15) is 0 Å². The van der Waals surface area contributed by atoms with Crippen LogP contribution in [0.25, 0.3) is 49.1 Å². The minimum atomic E-state index is 0.0505. The van der Waals surface area contributed by atoms with Crippen molar-refractivity contribution in [3.05, 3.63) is 101 Å². The summed E-state index contributed by atoms with van der Waals surface area (Å²) < 4.78 is 1.90. The number of benzene rings is 4. The fraction of sp³-hybridized carbons (Fsp3) is 0. The van der Waals surface area contributed by atoms with Crippen LogP contribution in [0, 0.1) is 0 Å². The third-order valence-corrected chi connectivity index (χ3v) is 5.55. The van der Waals surface area contributed by atoms with E-state index in [4.69, 9.17) is 0 Å². The fourth-order valence-electron chi connectivity index (χ4n) is 4.41. The number of aromatic nitrogens is 1. The quantitative estimate of drug-likeness (QED) is 0.342. The third-order valence-electron chi connectivity index (χ3n) is 5.55. The molecular weight excluding hydrogens is 330 g/mol. The Morgan fingerprint density at radius 3 is 2.04 bits per heavy atom. The van der Waals surface area contributed by atoms with Gasteiger partial charge in [0.1, 0.15) is 0 Å². The molecule has 0 amide bonds. The van der Waals surface area contributed by atoms with Crippen LogP contribution in [0.5, 0.6) is 0 Å². The standard InChI is InChI=1S/C25H15NO/c27-25-21-12-5-4-11-19(21)23-17(16-8-2-1-3-9-16)14-15-20-18-10-6-7-13-22(18)26(25)24(20)23/h1-15H. The van der Waals surface area contributed by atoms with Crippen LogP contribution < -0.4 is 5.56 Å². The molecule has 0 N–H and O–H groups in total. The van der Waals surface area contributed by atoms with Crippen LogP contribution in [-0.2, 0) is 0 Å². The fourth-order valence-corrected chi connectivity index (χ4v) is 4.41. The van der Waals surface area contributed by atoms with Gasteiger partial charge in [0.15, 0.2) is 0 Å². The molecule has 4 aromatic carbocycles. The van der Waals surface area contributed by atoms with Gasteiger partial charge in [-0.3, -0.25) is 9.20 Å². The van der Waals surface area contributed by atoms with Gasteiger partial charge in [-0.05, 0) is 28.6 Å². The molecule has 0 atom stereocenters. The molecule has 2 nitrogen and oxygen atoms in total. The van der Waals surface area contributed by atoms with E-state index in [-0.39, 0.29) is 5.56 Å². The zero-order chi connectivity index (χ0) is 18.0. The first-order chi connectivity index (χ1) is 13.3. The smallest absolute Gasteiger partial charge is 0.263 e. The Labute approximate surface area is 155 Å². The highest BCUT2D eigenvalue weighted by Gasteiger charge is 2.19. The molecule has 0 aliphatic heterocycles. The second kappa shape index (κ2) is 5.18. The highest BCUT2D eigenvalue weighted by Crippen LogP contribution is 2.39. The Morgan fingerprint density at radius 1 is 0.556 bits per heavy atom. The maximum absolute atomic E-state index is 13.4. The van der Waals surface area contributed by atoms with Crippen molar-refractivity contribution >= 4 is 38.0 Å². The lowest BCUT2D eigenvalue weighted by Crippen LogP contribution is -2.13. The Kier molecular flexibility index (Phi) is 2.78. The number of fused-ring (bicyclic) bond motifs is 5. The van der Waals surface area contributed by atoms with Crippen molar-refractivity contribution < 1.29 is 0 Å². The SMILES string of the molecule is O=c1c2ccccc2c2c(-c3ccccc3)ccc3c4ccccc4n1c32. The maximum Gasteiger partial charge on any atom is 0.263 e. The number of pyridine rings is 1. The van der Waals surface area contributed by atoms with Crippen molar-refractivity contribution in [1.29, 1.82) is 0 Å². The molecule has 0 radical (unpaired) electrons.